The maximum Gasteiger partial charge on any atom is 0.148 e. The molecule has 0 radical (unpaired) electrons. The molecule has 0 amide bonds. The van der Waals surface area contributed by atoms with Gasteiger partial charge in [0.15, 0.2) is 0 Å². The van der Waals surface area contributed by atoms with Crippen LogP contribution in [-0.4, -0.2) is 16.7 Å². The lowest BCUT2D eigenvalue weighted by molar-refractivity contribution is 1.02. The zero-order valence-corrected chi connectivity index (χ0v) is 10.8. The molecule has 0 spiro atoms. The van der Waals surface area contributed by atoms with Crippen molar-refractivity contribution < 1.29 is 0 Å². The number of nitrogens with one attached hydrogen (secondary N) is 1. The number of aromatic nitrogens is 2. The Morgan fingerprint density at radius 3 is 2.29 bits per heavy atom. The molecule has 0 saturated heterocycles. The smallest absolute Gasteiger partial charge is 0.148 e. The van der Waals surface area contributed by atoms with Gasteiger partial charge < -0.3 is 5.32 Å². The van der Waals surface area contributed by atoms with E-state index in [0.29, 0.717) is 10.0 Å². The summed E-state index contributed by atoms with van der Waals surface area (Å²) in [6.45, 7) is 2.82. The summed E-state index contributed by atoms with van der Waals surface area (Å²) in [7, 11) is 0. The van der Waals surface area contributed by atoms with E-state index < -0.39 is 0 Å². The van der Waals surface area contributed by atoms with Gasteiger partial charge in [-0.3, -0.25) is 0 Å². The van der Waals surface area contributed by atoms with Gasteiger partial charge in [-0.25, -0.2) is 0 Å². The first-order chi connectivity index (χ1) is 8.19. The van der Waals surface area contributed by atoms with Crippen molar-refractivity contribution >= 4 is 29.0 Å². The molecule has 0 fully saturated rings. The molecule has 0 aliphatic rings. The molecule has 88 valence electrons. The minimum Gasteiger partial charge on any atom is -0.369 e. The summed E-state index contributed by atoms with van der Waals surface area (Å²) in [4.78, 5) is 0. The van der Waals surface area contributed by atoms with E-state index in [2.05, 4.69) is 15.5 Å². The molecule has 0 unspecified atom stereocenters. The second-order valence-electron chi connectivity index (χ2n) is 3.49. The lowest BCUT2D eigenvalue weighted by atomic mass is 10.1. The van der Waals surface area contributed by atoms with Crippen LogP contribution in [0.1, 0.15) is 6.92 Å². The van der Waals surface area contributed by atoms with E-state index in [1.807, 2.05) is 31.2 Å². The third-order valence-electron chi connectivity index (χ3n) is 2.18. The lowest BCUT2D eigenvalue weighted by Gasteiger charge is -2.04. The fourth-order valence-corrected chi connectivity index (χ4v) is 1.99. The van der Waals surface area contributed by atoms with E-state index in [-0.39, 0.29) is 0 Å². The molecule has 1 N–H and O–H groups in total. The first-order valence-electron chi connectivity index (χ1n) is 5.23. The number of hydrogen-bond donors (Lipinski definition) is 1. The monoisotopic (exact) mass is 267 g/mol. The minimum atomic E-state index is 0.588. The van der Waals surface area contributed by atoms with E-state index in [1.165, 1.54) is 0 Å². The summed E-state index contributed by atoms with van der Waals surface area (Å²) in [6.07, 6.45) is 0. The summed E-state index contributed by atoms with van der Waals surface area (Å²) in [5.74, 6) is 0.754. The van der Waals surface area contributed by atoms with Crippen molar-refractivity contribution in [2.45, 2.75) is 6.92 Å². The van der Waals surface area contributed by atoms with Crippen LogP contribution in [0.5, 0.6) is 0 Å². The summed E-state index contributed by atoms with van der Waals surface area (Å²) < 4.78 is 0. The highest BCUT2D eigenvalue weighted by Crippen LogP contribution is 2.25. The number of halogens is 2. The molecular formula is C12H11Cl2N3. The lowest BCUT2D eigenvalue weighted by Crippen LogP contribution is -2.00. The van der Waals surface area contributed by atoms with Gasteiger partial charge in [0.1, 0.15) is 5.82 Å². The Morgan fingerprint density at radius 1 is 1.06 bits per heavy atom. The van der Waals surface area contributed by atoms with Crippen LogP contribution in [-0.2, 0) is 0 Å². The standard InChI is InChI=1S/C12H11Cl2N3/c1-2-15-12-4-3-11(16-17-12)8-5-9(13)7-10(14)6-8/h3-7H,2H2,1H3,(H,15,17). The minimum absolute atomic E-state index is 0.588. The van der Waals surface area contributed by atoms with E-state index >= 15 is 0 Å². The van der Waals surface area contributed by atoms with E-state index in [1.54, 1.807) is 6.07 Å². The van der Waals surface area contributed by atoms with Crippen LogP contribution in [0.25, 0.3) is 11.3 Å². The number of nitrogens with zero attached hydrogens (tertiary/aromatic N) is 2. The van der Waals surface area contributed by atoms with Gasteiger partial charge in [-0.2, -0.15) is 0 Å². The van der Waals surface area contributed by atoms with Crippen LogP contribution in [0.15, 0.2) is 30.3 Å². The molecule has 0 atom stereocenters. The first kappa shape index (κ1) is 12.1. The van der Waals surface area contributed by atoms with Crippen LogP contribution >= 0.6 is 23.2 Å². The van der Waals surface area contributed by atoms with E-state index in [4.69, 9.17) is 23.2 Å². The molecule has 1 aromatic carbocycles. The van der Waals surface area contributed by atoms with Gasteiger partial charge in [-0.1, -0.05) is 23.2 Å². The highest BCUT2D eigenvalue weighted by molar-refractivity contribution is 6.35. The Kier molecular flexibility index (Phi) is 3.82. The molecule has 17 heavy (non-hydrogen) atoms. The molecule has 0 bridgehead atoms. The molecule has 5 heteroatoms. The Balaban J connectivity index is 2.32. The van der Waals surface area contributed by atoms with Gasteiger partial charge in [-0.15, -0.1) is 10.2 Å². The SMILES string of the molecule is CCNc1ccc(-c2cc(Cl)cc(Cl)c2)nn1. The summed E-state index contributed by atoms with van der Waals surface area (Å²) >= 11 is 11.9. The third kappa shape index (κ3) is 3.08. The fourth-order valence-electron chi connectivity index (χ4n) is 1.46. The molecule has 2 rings (SSSR count). The van der Waals surface area contributed by atoms with Gasteiger partial charge in [0.2, 0.25) is 0 Å². The molecule has 0 saturated carbocycles. The van der Waals surface area contributed by atoms with Gasteiger partial charge in [0.25, 0.3) is 0 Å². The normalized spacial score (nSPS) is 10.3. The number of hydrogen-bond acceptors (Lipinski definition) is 3. The number of benzene rings is 1. The average Bonchev–Trinajstić information content (AvgIpc) is 2.29. The highest BCUT2D eigenvalue weighted by atomic mass is 35.5. The summed E-state index contributed by atoms with van der Waals surface area (Å²) in [5.41, 5.74) is 1.61. The zero-order chi connectivity index (χ0) is 12.3. The predicted molar refractivity (Wildman–Crippen MR) is 71.7 cm³/mol. The molecule has 0 aliphatic heterocycles. The van der Waals surface area contributed by atoms with Crippen molar-refractivity contribution in [3.63, 3.8) is 0 Å². The second kappa shape index (κ2) is 5.34. The maximum absolute atomic E-state index is 5.94. The summed E-state index contributed by atoms with van der Waals surface area (Å²) in [6, 6.07) is 9.06. The highest BCUT2D eigenvalue weighted by Gasteiger charge is 2.03. The predicted octanol–water partition coefficient (Wildman–Crippen LogP) is 3.88. The Bertz CT molecular complexity index is 491. The van der Waals surface area contributed by atoms with Crippen LogP contribution in [0, 0.1) is 0 Å². The van der Waals surface area contributed by atoms with Crippen LogP contribution < -0.4 is 5.32 Å². The van der Waals surface area contributed by atoms with Gasteiger partial charge in [0, 0.05) is 22.2 Å². The Morgan fingerprint density at radius 2 is 1.76 bits per heavy atom. The van der Waals surface area contributed by atoms with Gasteiger partial charge in [0.05, 0.1) is 5.69 Å². The summed E-state index contributed by atoms with van der Waals surface area (Å²) in [5, 5.41) is 12.4. The second-order valence-corrected chi connectivity index (χ2v) is 4.37. The van der Waals surface area contributed by atoms with Crippen molar-refractivity contribution in [2.75, 3.05) is 11.9 Å². The van der Waals surface area contributed by atoms with Crippen LogP contribution in [0.3, 0.4) is 0 Å². The molecule has 2 aromatic rings. The topological polar surface area (TPSA) is 37.8 Å². The molecular weight excluding hydrogens is 257 g/mol. The van der Waals surface area contributed by atoms with Gasteiger partial charge >= 0.3 is 0 Å². The fraction of sp³-hybridized carbons (Fsp3) is 0.167. The van der Waals surface area contributed by atoms with Crippen molar-refractivity contribution in [3.05, 3.63) is 40.4 Å². The quantitative estimate of drug-likeness (QED) is 0.917. The zero-order valence-electron chi connectivity index (χ0n) is 9.24. The van der Waals surface area contributed by atoms with Crippen molar-refractivity contribution in [2.24, 2.45) is 0 Å². The van der Waals surface area contributed by atoms with Crippen molar-refractivity contribution in [1.29, 1.82) is 0 Å². The molecule has 0 aliphatic carbocycles. The molecule has 1 heterocycles. The Labute approximate surface area is 110 Å². The number of rotatable bonds is 3. The largest absolute Gasteiger partial charge is 0.369 e. The van der Waals surface area contributed by atoms with E-state index in [0.717, 1.165) is 23.6 Å². The van der Waals surface area contributed by atoms with Crippen molar-refractivity contribution in [3.8, 4) is 11.3 Å². The molecule has 1 aromatic heterocycles. The number of anilines is 1. The maximum atomic E-state index is 5.94. The average molecular weight is 268 g/mol. The molecule has 3 nitrogen and oxygen atoms in total. The first-order valence-corrected chi connectivity index (χ1v) is 5.98. The van der Waals surface area contributed by atoms with E-state index in [9.17, 15) is 0 Å². The van der Waals surface area contributed by atoms with Crippen LogP contribution in [0.2, 0.25) is 10.0 Å². The van der Waals surface area contributed by atoms with Gasteiger partial charge in [-0.05, 0) is 37.3 Å². The van der Waals surface area contributed by atoms with Crippen molar-refractivity contribution in [1.82, 2.24) is 10.2 Å². The van der Waals surface area contributed by atoms with Crippen LogP contribution in [0.4, 0.5) is 5.82 Å². The third-order valence-corrected chi connectivity index (χ3v) is 2.62. The Hall–Kier alpha value is -1.32.